The molecule has 2 nitrogen and oxygen atoms in total. The molecule has 2 rings (SSSR count). The SMILES string of the molecule is COc1ccc(Br)cc1CC1(N)CCC(C)CC1. The molecule has 0 spiro atoms. The van der Waals surface area contributed by atoms with Crippen molar-refractivity contribution in [3.8, 4) is 5.75 Å². The summed E-state index contributed by atoms with van der Waals surface area (Å²) in [6.45, 7) is 2.32. The van der Waals surface area contributed by atoms with Gasteiger partial charge < -0.3 is 10.5 Å². The Hall–Kier alpha value is -0.540. The summed E-state index contributed by atoms with van der Waals surface area (Å²) in [5.41, 5.74) is 7.71. The third-order valence-electron chi connectivity index (χ3n) is 4.06. The Balaban J connectivity index is 2.15. The minimum absolute atomic E-state index is 0.0550. The van der Waals surface area contributed by atoms with E-state index in [1.54, 1.807) is 7.11 Å². The van der Waals surface area contributed by atoms with Gasteiger partial charge >= 0.3 is 0 Å². The Kier molecular flexibility index (Phi) is 4.33. The van der Waals surface area contributed by atoms with E-state index in [2.05, 4.69) is 28.9 Å². The molecule has 1 aromatic rings. The van der Waals surface area contributed by atoms with Crippen LogP contribution < -0.4 is 10.5 Å². The summed E-state index contributed by atoms with van der Waals surface area (Å²) in [7, 11) is 1.72. The lowest BCUT2D eigenvalue weighted by Crippen LogP contribution is -2.45. The third-order valence-corrected chi connectivity index (χ3v) is 4.55. The lowest BCUT2D eigenvalue weighted by atomic mass is 9.74. The van der Waals surface area contributed by atoms with E-state index in [0.717, 1.165) is 35.4 Å². The molecule has 0 amide bonds. The Morgan fingerprint density at radius 2 is 2.06 bits per heavy atom. The number of rotatable bonds is 3. The first-order chi connectivity index (χ1) is 8.52. The minimum Gasteiger partial charge on any atom is -0.496 e. The molecule has 18 heavy (non-hydrogen) atoms. The van der Waals surface area contributed by atoms with Crippen LogP contribution >= 0.6 is 15.9 Å². The van der Waals surface area contributed by atoms with Gasteiger partial charge in [-0.3, -0.25) is 0 Å². The van der Waals surface area contributed by atoms with Crippen molar-refractivity contribution in [1.29, 1.82) is 0 Å². The average Bonchev–Trinajstić information content (AvgIpc) is 2.34. The molecule has 0 atom stereocenters. The van der Waals surface area contributed by atoms with Gasteiger partial charge in [-0.15, -0.1) is 0 Å². The van der Waals surface area contributed by atoms with E-state index in [-0.39, 0.29) is 5.54 Å². The van der Waals surface area contributed by atoms with E-state index >= 15 is 0 Å². The molecule has 1 aliphatic carbocycles. The Morgan fingerprint density at radius 3 is 2.67 bits per heavy atom. The highest BCUT2D eigenvalue weighted by Crippen LogP contribution is 2.35. The molecule has 2 N–H and O–H groups in total. The fourth-order valence-corrected chi connectivity index (χ4v) is 3.19. The smallest absolute Gasteiger partial charge is 0.122 e. The maximum atomic E-state index is 6.56. The molecule has 1 fully saturated rings. The van der Waals surface area contributed by atoms with Gasteiger partial charge in [0.05, 0.1) is 7.11 Å². The van der Waals surface area contributed by atoms with Gasteiger partial charge in [-0.25, -0.2) is 0 Å². The summed E-state index contributed by atoms with van der Waals surface area (Å²) in [6.07, 6.45) is 5.62. The summed E-state index contributed by atoms with van der Waals surface area (Å²) in [6, 6.07) is 6.15. The van der Waals surface area contributed by atoms with Crippen LogP contribution in [0.15, 0.2) is 22.7 Å². The van der Waals surface area contributed by atoms with Crippen LogP contribution in [0.5, 0.6) is 5.75 Å². The lowest BCUT2D eigenvalue weighted by Gasteiger charge is -2.36. The highest BCUT2D eigenvalue weighted by atomic mass is 79.9. The summed E-state index contributed by atoms with van der Waals surface area (Å²) in [4.78, 5) is 0. The zero-order chi connectivity index (χ0) is 13.2. The quantitative estimate of drug-likeness (QED) is 0.918. The molecule has 0 aromatic heterocycles. The van der Waals surface area contributed by atoms with E-state index in [1.807, 2.05) is 12.1 Å². The molecule has 0 unspecified atom stereocenters. The van der Waals surface area contributed by atoms with Gasteiger partial charge in [-0.1, -0.05) is 22.9 Å². The molecule has 1 saturated carbocycles. The fraction of sp³-hybridized carbons (Fsp3) is 0.600. The Labute approximate surface area is 118 Å². The van der Waals surface area contributed by atoms with E-state index in [1.165, 1.54) is 18.4 Å². The van der Waals surface area contributed by atoms with Crippen LogP contribution in [-0.2, 0) is 6.42 Å². The van der Waals surface area contributed by atoms with Crippen LogP contribution in [-0.4, -0.2) is 12.6 Å². The number of benzene rings is 1. The highest BCUT2D eigenvalue weighted by molar-refractivity contribution is 9.10. The number of methoxy groups -OCH3 is 1. The number of nitrogens with two attached hydrogens (primary N) is 1. The van der Waals surface area contributed by atoms with Crippen molar-refractivity contribution >= 4 is 15.9 Å². The van der Waals surface area contributed by atoms with Crippen LogP contribution in [0.2, 0.25) is 0 Å². The van der Waals surface area contributed by atoms with Crippen molar-refractivity contribution in [1.82, 2.24) is 0 Å². The maximum Gasteiger partial charge on any atom is 0.122 e. The first-order valence-corrected chi connectivity index (χ1v) is 7.43. The number of hydrogen-bond acceptors (Lipinski definition) is 2. The normalized spacial score (nSPS) is 28.1. The molecule has 1 aromatic carbocycles. The fourth-order valence-electron chi connectivity index (χ4n) is 2.78. The van der Waals surface area contributed by atoms with E-state index in [0.29, 0.717) is 0 Å². The molecular weight excluding hydrogens is 290 g/mol. The lowest BCUT2D eigenvalue weighted by molar-refractivity contribution is 0.242. The summed E-state index contributed by atoms with van der Waals surface area (Å²) in [5, 5.41) is 0. The van der Waals surface area contributed by atoms with Crippen LogP contribution in [0.25, 0.3) is 0 Å². The number of halogens is 1. The van der Waals surface area contributed by atoms with Crippen molar-refractivity contribution in [2.75, 3.05) is 7.11 Å². The second kappa shape index (κ2) is 5.62. The molecular formula is C15H22BrNO. The van der Waals surface area contributed by atoms with Gasteiger partial charge in [0.2, 0.25) is 0 Å². The number of ether oxygens (including phenoxy) is 1. The predicted molar refractivity (Wildman–Crippen MR) is 78.9 cm³/mol. The topological polar surface area (TPSA) is 35.2 Å². The van der Waals surface area contributed by atoms with Crippen molar-refractivity contribution in [2.24, 2.45) is 11.7 Å². The van der Waals surface area contributed by atoms with Gasteiger partial charge in [0, 0.05) is 10.0 Å². The predicted octanol–water partition coefficient (Wildman–Crippen LogP) is 3.91. The zero-order valence-corrected chi connectivity index (χ0v) is 12.8. The van der Waals surface area contributed by atoms with Crippen molar-refractivity contribution in [2.45, 2.75) is 44.6 Å². The largest absolute Gasteiger partial charge is 0.496 e. The van der Waals surface area contributed by atoms with Crippen LogP contribution in [0.3, 0.4) is 0 Å². The van der Waals surface area contributed by atoms with Gasteiger partial charge in [0.1, 0.15) is 5.75 Å². The molecule has 0 bridgehead atoms. The monoisotopic (exact) mass is 311 g/mol. The maximum absolute atomic E-state index is 6.56. The minimum atomic E-state index is -0.0550. The summed E-state index contributed by atoms with van der Waals surface area (Å²) in [5.74, 6) is 1.77. The van der Waals surface area contributed by atoms with Crippen molar-refractivity contribution < 1.29 is 4.74 Å². The van der Waals surface area contributed by atoms with Crippen molar-refractivity contribution in [3.63, 3.8) is 0 Å². The van der Waals surface area contributed by atoms with E-state index in [9.17, 15) is 0 Å². The van der Waals surface area contributed by atoms with Crippen LogP contribution in [0, 0.1) is 5.92 Å². The molecule has 1 aliphatic rings. The van der Waals surface area contributed by atoms with Gasteiger partial charge in [0.25, 0.3) is 0 Å². The van der Waals surface area contributed by atoms with E-state index < -0.39 is 0 Å². The summed E-state index contributed by atoms with van der Waals surface area (Å²) < 4.78 is 6.52. The first-order valence-electron chi connectivity index (χ1n) is 6.64. The molecule has 0 aliphatic heterocycles. The Morgan fingerprint density at radius 1 is 1.39 bits per heavy atom. The second-order valence-electron chi connectivity index (χ2n) is 5.68. The molecule has 0 saturated heterocycles. The number of hydrogen-bond donors (Lipinski definition) is 1. The van der Waals surface area contributed by atoms with Gasteiger partial charge in [-0.05, 0) is 61.8 Å². The Bertz CT molecular complexity index is 411. The van der Waals surface area contributed by atoms with Gasteiger partial charge in [-0.2, -0.15) is 0 Å². The van der Waals surface area contributed by atoms with Crippen LogP contribution in [0.4, 0.5) is 0 Å². The van der Waals surface area contributed by atoms with Crippen LogP contribution in [0.1, 0.15) is 38.2 Å². The average molecular weight is 312 g/mol. The highest BCUT2D eigenvalue weighted by Gasteiger charge is 2.31. The summed E-state index contributed by atoms with van der Waals surface area (Å²) >= 11 is 3.52. The van der Waals surface area contributed by atoms with E-state index in [4.69, 9.17) is 10.5 Å². The van der Waals surface area contributed by atoms with Crippen molar-refractivity contribution in [3.05, 3.63) is 28.2 Å². The third kappa shape index (κ3) is 3.27. The molecule has 100 valence electrons. The zero-order valence-electron chi connectivity index (χ0n) is 11.2. The molecule has 3 heteroatoms. The second-order valence-corrected chi connectivity index (χ2v) is 6.59. The molecule has 0 radical (unpaired) electrons. The molecule has 0 heterocycles. The standard InChI is InChI=1S/C15H22BrNO/c1-11-5-7-15(17,8-6-11)10-12-9-13(16)3-4-14(12)18-2/h3-4,9,11H,5-8,10,17H2,1-2H3. The first kappa shape index (κ1) is 13.9. The van der Waals surface area contributed by atoms with Gasteiger partial charge in [0.15, 0.2) is 0 Å².